The Balaban J connectivity index is 3.83. The van der Waals surface area contributed by atoms with Gasteiger partial charge in [0.1, 0.15) is 0 Å². The third-order valence-electron chi connectivity index (χ3n) is 1.16. The number of allylic oxidation sites excluding steroid dienone is 2. The molecule has 0 aromatic heterocycles. The summed E-state index contributed by atoms with van der Waals surface area (Å²) in [4.78, 5) is 0. The minimum atomic E-state index is 1.06. The second kappa shape index (κ2) is 4.64. The van der Waals surface area contributed by atoms with Crippen LogP contribution in [0.1, 0.15) is 13.8 Å². The van der Waals surface area contributed by atoms with Crippen molar-refractivity contribution in [1.29, 1.82) is 0 Å². The molecule has 0 spiro atoms. The van der Waals surface area contributed by atoms with E-state index in [1.165, 1.54) is 11.1 Å². The molecule has 0 rings (SSSR count). The molecule has 0 unspecified atom stereocenters. The zero-order valence-corrected chi connectivity index (χ0v) is 8.66. The Morgan fingerprint density at radius 2 is 1.25 bits per heavy atom. The van der Waals surface area contributed by atoms with E-state index in [9.17, 15) is 0 Å². The summed E-state index contributed by atoms with van der Waals surface area (Å²) in [6.07, 6.45) is 0. The second-order valence-corrected chi connectivity index (χ2v) is 3.06. The average Bonchev–Trinajstić information content (AvgIpc) is 1.84. The van der Waals surface area contributed by atoms with Crippen LogP contribution in [0.25, 0.3) is 0 Å². The fourth-order valence-corrected chi connectivity index (χ4v) is 1.28. The molecule has 0 bridgehead atoms. The molecule has 0 aliphatic heterocycles. The van der Waals surface area contributed by atoms with Gasteiger partial charge >= 0.3 is 67.7 Å². The van der Waals surface area contributed by atoms with Gasteiger partial charge in [-0.25, -0.2) is 0 Å². The van der Waals surface area contributed by atoms with Crippen molar-refractivity contribution < 1.29 is 0 Å². The molecule has 0 fully saturated rings. The van der Waals surface area contributed by atoms with Gasteiger partial charge in [-0.3, -0.25) is 0 Å². The normalized spacial score (nSPS) is 13.5. The number of hydrogen-bond donors (Lipinski definition) is 0. The van der Waals surface area contributed by atoms with Crippen LogP contribution in [-0.2, 0) is 0 Å². The van der Waals surface area contributed by atoms with Crippen molar-refractivity contribution in [2.45, 2.75) is 24.5 Å². The van der Waals surface area contributed by atoms with Gasteiger partial charge in [0.05, 0.1) is 0 Å². The minimum absolute atomic E-state index is 1.06. The molecule has 0 heterocycles. The van der Waals surface area contributed by atoms with Gasteiger partial charge in [0.25, 0.3) is 0 Å². The Morgan fingerprint density at radius 3 is 1.38 bits per heavy atom. The Morgan fingerprint density at radius 1 is 1.00 bits per heavy atom. The van der Waals surface area contributed by atoms with Crippen LogP contribution in [0.5, 0.6) is 0 Å². The Hall–Kier alpha value is 0.779. The van der Waals surface area contributed by atoms with Crippen molar-refractivity contribution in [3.8, 4) is 0 Å². The molecule has 0 amide bonds. The van der Waals surface area contributed by atoms with Crippen LogP contribution in [-0.4, -0.2) is 32.0 Å². The molecule has 46 valence electrons. The van der Waals surface area contributed by atoms with E-state index < -0.39 is 0 Å². The predicted octanol–water partition coefficient (Wildman–Crippen LogP) is 1.50. The van der Waals surface area contributed by atoms with Crippen LogP contribution < -0.4 is 0 Å². The van der Waals surface area contributed by atoms with Gasteiger partial charge in [-0.2, -0.15) is 0 Å². The van der Waals surface area contributed by atoms with Crippen molar-refractivity contribution in [2.24, 2.45) is 0 Å². The van der Waals surface area contributed by atoms with Crippen molar-refractivity contribution in [3.05, 3.63) is 11.1 Å². The summed E-state index contributed by atoms with van der Waals surface area (Å²) >= 11 is 5.97. The molecule has 0 nitrogen and oxygen atoms in total. The third-order valence-corrected chi connectivity index (χ3v) is 2.98. The van der Waals surface area contributed by atoms with Gasteiger partial charge in [0.15, 0.2) is 0 Å². The van der Waals surface area contributed by atoms with E-state index in [4.69, 9.17) is 0 Å². The van der Waals surface area contributed by atoms with Crippen molar-refractivity contribution in [3.63, 3.8) is 0 Å². The monoisotopic (exact) mass is 242 g/mol. The maximum atomic E-state index is 2.99. The fraction of sp³-hybridized carbons (Fsp3) is 0.667. The summed E-state index contributed by atoms with van der Waals surface area (Å²) in [7, 11) is 0. The fourth-order valence-electron chi connectivity index (χ4n) is 0.246. The van der Waals surface area contributed by atoms with E-state index >= 15 is 0 Å². The van der Waals surface area contributed by atoms with Crippen LogP contribution in [0.15, 0.2) is 11.1 Å². The van der Waals surface area contributed by atoms with Gasteiger partial charge in [-0.15, -0.1) is 0 Å². The summed E-state index contributed by atoms with van der Waals surface area (Å²) in [6, 6.07) is 0. The first-order valence-electron chi connectivity index (χ1n) is 2.53. The Kier molecular flexibility index (Phi) is 5.09. The molecular formula is C6H10Se2. The zero-order chi connectivity index (χ0) is 6.57. The Bertz CT molecular complexity index is 82.7. The topological polar surface area (TPSA) is 0 Å². The summed E-state index contributed by atoms with van der Waals surface area (Å²) < 4.78 is 0. The molecule has 0 aromatic rings. The van der Waals surface area contributed by atoms with Gasteiger partial charge in [0, 0.05) is 0 Å². The first-order valence-corrected chi connectivity index (χ1v) is 4.96. The molecule has 0 saturated carbocycles. The number of rotatable bonds is 2. The molecule has 8 heavy (non-hydrogen) atoms. The zero-order valence-electron chi connectivity index (χ0n) is 5.23. The Labute approximate surface area is 67.7 Å². The molecule has 2 radical (unpaired) electrons. The maximum absolute atomic E-state index is 2.99. The van der Waals surface area contributed by atoms with E-state index in [0.717, 1.165) is 10.6 Å². The second-order valence-electron chi connectivity index (χ2n) is 1.85. The third kappa shape index (κ3) is 2.94. The van der Waals surface area contributed by atoms with Crippen molar-refractivity contribution in [2.75, 3.05) is 0 Å². The van der Waals surface area contributed by atoms with Gasteiger partial charge in [-0.1, -0.05) is 0 Å². The number of hydrogen-bond acceptors (Lipinski definition) is 0. The van der Waals surface area contributed by atoms with Gasteiger partial charge in [0.2, 0.25) is 0 Å². The van der Waals surface area contributed by atoms with Crippen LogP contribution >= 0.6 is 0 Å². The van der Waals surface area contributed by atoms with Crippen molar-refractivity contribution in [1.82, 2.24) is 0 Å². The molecule has 0 saturated heterocycles. The van der Waals surface area contributed by atoms with Crippen LogP contribution in [0.4, 0.5) is 0 Å². The molecule has 0 aromatic carbocycles. The van der Waals surface area contributed by atoms with Crippen LogP contribution in [0.2, 0.25) is 10.6 Å². The standard InChI is InChI=1S/C6H10Se2/c1-5(3-7)6(2)4-8/h3-4H2,1-2H3/b6-5+. The summed E-state index contributed by atoms with van der Waals surface area (Å²) in [5.41, 5.74) is 2.92. The first-order chi connectivity index (χ1) is 3.72. The van der Waals surface area contributed by atoms with E-state index in [-0.39, 0.29) is 0 Å². The molecule has 0 atom stereocenters. The summed E-state index contributed by atoms with van der Waals surface area (Å²) in [6.45, 7) is 4.31. The van der Waals surface area contributed by atoms with Crippen LogP contribution in [0, 0.1) is 0 Å². The quantitative estimate of drug-likeness (QED) is 0.506. The van der Waals surface area contributed by atoms with E-state index in [2.05, 4.69) is 45.9 Å². The predicted molar refractivity (Wildman–Crippen MR) is 39.5 cm³/mol. The van der Waals surface area contributed by atoms with Gasteiger partial charge in [-0.05, 0) is 0 Å². The van der Waals surface area contributed by atoms with E-state index in [1.54, 1.807) is 0 Å². The molecular weight excluding hydrogens is 230 g/mol. The van der Waals surface area contributed by atoms with Crippen molar-refractivity contribution >= 4 is 32.0 Å². The van der Waals surface area contributed by atoms with Gasteiger partial charge < -0.3 is 0 Å². The average molecular weight is 240 g/mol. The molecule has 0 aliphatic rings. The summed E-state index contributed by atoms with van der Waals surface area (Å²) in [5.74, 6) is 0. The molecule has 2 heteroatoms. The first kappa shape index (κ1) is 8.78. The van der Waals surface area contributed by atoms with Crippen LogP contribution in [0.3, 0.4) is 0 Å². The van der Waals surface area contributed by atoms with E-state index in [0.29, 0.717) is 0 Å². The van der Waals surface area contributed by atoms with E-state index in [1.807, 2.05) is 0 Å². The molecule has 0 aliphatic carbocycles. The molecule has 0 N–H and O–H groups in total. The summed E-state index contributed by atoms with van der Waals surface area (Å²) in [5, 5.41) is 2.13. The SMILES string of the molecule is C/C(C[Se])=C(/C)C[Se].